The van der Waals surface area contributed by atoms with Crippen LogP contribution in [0.2, 0.25) is 0 Å². The summed E-state index contributed by atoms with van der Waals surface area (Å²) in [4.78, 5) is 10.5. The molecular formula is C9H17NO5S. The zero-order chi connectivity index (χ0) is 12.2. The SMILES string of the molecule is CCCS(=O)(=O)N1CCOC(CC(=O)O)C1. The fourth-order valence-electron chi connectivity index (χ4n) is 1.65. The van der Waals surface area contributed by atoms with E-state index in [1.54, 1.807) is 6.92 Å². The van der Waals surface area contributed by atoms with Crippen LogP contribution in [-0.2, 0) is 19.6 Å². The Morgan fingerprint density at radius 2 is 2.25 bits per heavy atom. The van der Waals surface area contributed by atoms with Crippen molar-refractivity contribution in [3.63, 3.8) is 0 Å². The van der Waals surface area contributed by atoms with Crippen LogP contribution in [-0.4, -0.2) is 55.4 Å². The Bertz CT molecular complexity index is 340. The van der Waals surface area contributed by atoms with Crippen LogP contribution in [0, 0.1) is 0 Å². The summed E-state index contributed by atoms with van der Waals surface area (Å²) in [5, 5.41) is 8.61. The van der Waals surface area contributed by atoms with E-state index in [2.05, 4.69) is 0 Å². The van der Waals surface area contributed by atoms with Gasteiger partial charge in [-0.05, 0) is 6.42 Å². The quantitative estimate of drug-likeness (QED) is 0.737. The number of rotatable bonds is 5. The monoisotopic (exact) mass is 251 g/mol. The van der Waals surface area contributed by atoms with Gasteiger partial charge in [0.25, 0.3) is 0 Å². The van der Waals surface area contributed by atoms with Gasteiger partial charge in [0.1, 0.15) is 0 Å². The number of sulfonamides is 1. The Kier molecular flexibility index (Phi) is 4.69. The molecule has 94 valence electrons. The van der Waals surface area contributed by atoms with E-state index in [0.29, 0.717) is 13.0 Å². The van der Waals surface area contributed by atoms with Crippen LogP contribution in [0.4, 0.5) is 0 Å². The molecule has 1 unspecified atom stereocenters. The van der Waals surface area contributed by atoms with Crippen molar-refractivity contribution in [3.05, 3.63) is 0 Å². The van der Waals surface area contributed by atoms with E-state index in [-0.39, 0.29) is 25.3 Å². The predicted octanol–water partition coefficient (Wildman–Crippen LogP) is -0.0983. The molecule has 0 aromatic heterocycles. The topological polar surface area (TPSA) is 83.9 Å². The molecule has 1 aliphatic heterocycles. The number of hydrogen-bond acceptors (Lipinski definition) is 4. The van der Waals surface area contributed by atoms with Crippen molar-refractivity contribution in [3.8, 4) is 0 Å². The largest absolute Gasteiger partial charge is 0.481 e. The number of hydrogen-bond donors (Lipinski definition) is 1. The molecule has 1 aliphatic rings. The lowest BCUT2D eigenvalue weighted by Gasteiger charge is -2.31. The van der Waals surface area contributed by atoms with Gasteiger partial charge in [0, 0.05) is 13.1 Å². The Morgan fingerprint density at radius 1 is 1.56 bits per heavy atom. The summed E-state index contributed by atoms with van der Waals surface area (Å²) in [7, 11) is -3.24. The molecule has 0 aromatic rings. The third-order valence-electron chi connectivity index (χ3n) is 2.36. The Labute approximate surface area is 95.2 Å². The van der Waals surface area contributed by atoms with E-state index in [4.69, 9.17) is 9.84 Å². The number of aliphatic carboxylic acids is 1. The van der Waals surface area contributed by atoms with E-state index in [1.807, 2.05) is 0 Å². The molecule has 0 bridgehead atoms. The summed E-state index contributed by atoms with van der Waals surface area (Å²) in [6.07, 6.45) is -0.126. The van der Waals surface area contributed by atoms with E-state index in [0.717, 1.165) is 0 Å². The van der Waals surface area contributed by atoms with Crippen molar-refractivity contribution in [2.24, 2.45) is 0 Å². The van der Waals surface area contributed by atoms with Crippen LogP contribution in [0.1, 0.15) is 19.8 Å². The maximum Gasteiger partial charge on any atom is 0.306 e. The second-order valence-corrected chi connectivity index (χ2v) is 5.85. The number of morpholine rings is 1. The number of ether oxygens (including phenoxy) is 1. The molecule has 16 heavy (non-hydrogen) atoms. The van der Waals surface area contributed by atoms with Crippen molar-refractivity contribution in [2.75, 3.05) is 25.4 Å². The normalized spacial score (nSPS) is 23.2. The van der Waals surface area contributed by atoms with Crippen molar-refractivity contribution in [1.82, 2.24) is 4.31 Å². The highest BCUT2D eigenvalue weighted by Gasteiger charge is 2.29. The number of carbonyl (C=O) groups is 1. The third kappa shape index (κ3) is 3.73. The molecule has 1 saturated heterocycles. The van der Waals surface area contributed by atoms with Gasteiger partial charge < -0.3 is 9.84 Å². The maximum atomic E-state index is 11.7. The van der Waals surface area contributed by atoms with Gasteiger partial charge in [-0.1, -0.05) is 6.92 Å². The van der Waals surface area contributed by atoms with Crippen molar-refractivity contribution in [1.29, 1.82) is 0 Å². The Hall–Kier alpha value is -0.660. The molecule has 1 N–H and O–H groups in total. The molecule has 0 saturated carbocycles. The van der Waals surface area contributed by atoms with Crippen LogP contribution in [0.5, 0.6) is 0 Å². The average molecular weight is 251 g/mol. The van der Waals surface area contributed by atoms with Gasteiger partial charge >= 0.3 is 5.97 Å². The maximum absolute atomic E-state index is 11.7. The van der Waals surface area contributed by atoms with Crippen LogP contribution < -0.4 is 0 Å². The first-order valence-corrected chi connectivity index (χ1v) is 6.88. The summed E-state index contributed by atoms with van der Waals surface area (Å²) >= 11 is 0. The van der Waals surface area contributed by atoms with Crippen LogP contribution in [0.3, 0.4) is 0 Å². The van der Waals surface area contributed by atoms with Crippen LogP contribution >= 0.6 is 0 Å². The second-order valence-electron chi connectivity index (χ2n) is 3.76. The fraction of sp³-hybridized carbons (Fsp3) is 0.889. The summed E-state index contributed by atoms with van der Waals surface area (Å²) in [5.74, 6) is -0.869. The first kappa shape index (κ1) is 13.4. The van der Waals surface area contributed by atoms with Gasteiger partial charge in [0.05, 0.1) is 24.9 Å². The zero-order valence-corrected chi connectivity index (χ0v) is 10.1. The minimum absolute atomic E-state index is 0.104. The molecule has 7 heteroatoms. The molecule has 1 fully saturated rings. The average Bonchev–Trinajstić information content (AvgIpc) is 2.17. The highest BCUT2D eigenvalue weighted by Crippen LogP contribution is 2.13. The fourth-order valence-corrected chi connectivity index (χ4v) is 3.17. The van der Waals surface area contributed by atoms with Crippen molar-refractivity contribution in [2.45, 2.75) is 25.9 Å². The molecule has 0 aromatic carbocycles. The molecule has 6 nitrogen and oxygen atoms in total. The van der Waals surface area contributed by atoms with Crippen LogP contribution in [0.25, 0.3) is 0 Å². The van der Waals surface area contributed by atoms with Gasteiger partial charge in [0.15, 0.2) is 0 Å². The molecule has 0 amide bonds. The smallest absolute Gasteiger partial charge is 0.306 e. The number of carboxylic acids is 1. The molecule has 0 radical (unpaired) electrons. The number of carboxylic acid groups (broad SMARTS) is 1. The molecule has 0 spiro atoms. The zero-order valence-electron chi connectivity index (χ0n) is 9.26. The van der Waals surface area contributed by atoms with Gasteiger partial charge in [-0.3, -0.25) is 4.79 Å². The lowest BCUT2D eigenvalue weighted by molar-refractivity contribution is -0.141. The van der Waals surface area contributed by atoms with E-state index in [9.17, 15) is 13.2 Å². The van der Waals surface area contributed by atoms with Gasteiger partial charge in [-0.15, -0.1) is 0 Å². The summed E-state index contributed by atoms with van der Waals surface area (Å²) < 4.78 is 30.0. The molecule has 1 heterocycles. The van der Waals surface area contributed by atoms with Gasteiger partial charge in [-0.2, -0.15) is 4.31 Å². The second kappa shape index (κ2) is 5.60. The standard InChI is InChI=1S/C9H17NO5S/c1-2-5-16(13,14)10-3-4-15-8(7-10)6-9(11)12/h8H,2-7H2,1H3,(H,11,12). The highest BCUT2D eigenvalue weighted by molar-refractivity contribution is 7.89. The molecule has 1 rings (SSSR count). The predicted molar refractivity (Wildman–Crippen MR) is 57.6 cm³/mol. The van der Waals surface area contributed by atoms with Crippen LogP contribution in [0.15, 0.2) is 0 Å². The molecule has 1 atom stereocenters. The van der Waals surface area contributed by atoms with E-state index < -0.39 is 22.1 Å². The molecule has 0 aliphatic carbocycles. The highest BCUT2D eigenvalue weighted by atomic mass is 32.2. The summed E-state index contributed by atoms with van der Waals surface area (Å²) in [5.41, 5.74) is 0. The number of nitrogens with zero attached hydrogens (tertiary/aromatic N) is 1. The Balaban J connectivity index is 2.59. The minimum Gasteiger partial charge on any atom is -0.481 e. The van der Waals surface area contributed by atoms with E-state index >= 15 is 0 Å². The van der Waals surface area contributed by atoms with Crippen molar-refractivity contribution < 1.29 is 23.1 Å². The van der Waals surface area contributed by atoms with Gasteiger partial charge in [0.2, 0.25) is 10.0 Å². The van der Waals surface area contributed by atoms with E-state index in [1.165, 1.54) is 4.31 Å². The Morgan fingerprint density at radius 3 is 2.81 bits per heavy atom. The lowest BCUT2D eigenvalue weighted by atomic mass is 10.2. The van der Waals surface area contributed by atoms with Gasteiger partial charge in [-0.25, -0.2) is 8.42 Å². The summed E-state index contributed by atoms with van der Waals surface area (Å²) in [6.45, 7) is 2.53. The summed E-state index contributed by atoms with van der Waals surface area (Å²) in [6, 6.07) is 0. The molecular weight excluding hydrogens is 234 g/mol. The third-order valence-corrected chi connectivity index (χ3v) is 4.40. The van der Waals surface area contributed by atoms with Crippen molar-refractivity contribution >= 4 is 16.0 Å². The first-order valence-electron chi connectivity index (χ1n) is 5.27. The first-order chi connectivity index (χ1) is 7.45. The minimum atomic E-state index is -3.24. The lowest BCUT2D eigenvalue weighted by Crippen LogP contribution is -2.46.